The van der Waals surface area contributed by atoms with Crippen molar-refractivity contribution in [2.45, 2.75) is 27.3 Å². The Bertz CT molecular complexity index is 857. The van der Waals surface area contributed by atoms with Crippen LogP contribution in [0.2, 0.25) is 0 Å². The standard InChI is InChI=1S/C20H22N2O/c1-14(2)13-22-20(23)18(16-10-5-4-6-11-16)19(21-22)17-12-8-7-9-15(17)3/h4-12,14,21H,13H2,1-3H3. The summed E-state index contributed by atoms with van der Waals surface area (Å²) in [5, 5.41) is 3.34. The third-order valence-electron chi connectivity index (χ3n) is 3.98. The van der Waals surface area contributed by atoms with E-state index < -0.39 is 0 Å². The lowest BCUT2D eigenvalue weighted by atomic mass is 9.99. The van der Waals surface area contributed by atoms with E-state index in [9.17, 15) is 4.79 Å². The zero-order valence-electron chi connectivity index (χ0n) is 13.8. The van der Waals surface area contributed by atoms with Crippen molar-refractivity contribution in [3.8, 4) is 22.4 Å². The highest BCUT2D eigenvalue weighted by Crippen LogP contribution is 2.30. The number of nitrogens with one attached hydrogen (secondary N) is 1. The number of aryl methyl sites for hydroxylation is 1. The van der Waals surface area contributed by atoms with Crippen LogP contribution in [0, 0.1) is 12.8 Å². The van der Waals surface area contributed by atoms with Crippen LogP contribution in [0.25, 0.3) is 22.4 Å². The van der Waals surface area contributed by atoms with Crippen molar-refractivity contribution in [3.05, 3.63) is 70.5 Å². The lowest BCUT2D eigenvalue weighted by molar-refractivity contribution is 0.474. The van der Waals surface area contributed by atoms with E-state index in [1.807, 2.05) is 42.5 Å². The molecule has 0 aliphatic heterocycles. The van der Waals surface area contributed by atoms with Gasteiger partial charge in [-0.25, -0.2) is 0 Å². The van der Waals surface area contributed by atoms with E-state index in [1.165, 1.54) is 0 Å². The Morgan fingerprint density at radius 1 is 1.00 bits per heavy atom. The highest BCUT2D eigenvalue weighted by molar-refractivity contribution is 5.81. The van der Waals surface area contributed by atoms with Crippen LogP contribution in [0.4, 0.5) is 0 Å². The minimum Gasteiger partial charge on any atom is -0.294 e. The van der Waals surface area contributed by atoms with Crippen LogP contribution in [-0.4, -0.2) is 9.78 Å². The largest absolute Gasteiger partial charge is 0.294 e. The Labute approximate surface area is 136 Å². The molecule has 0 radical (unpaired) electrons. The molecule has 23 heavy (non-hydrogen) atoms. The van der Waals surface area contributed by atoms with E-state index >= 15 is 0 Å². The zero-order valence-corrected chi connectivity index (χ0v) is 13.8. The molecule has 0 aliphatic rings. The van der Waals surface area contributed by atoms with Crippen molar-refractivity contribution in [1.82, 2.24) is 9.78 Å². The Morgan fingerprint density at radius 2 is 1.65 bits per heavy atom. The minimum absolute atomic E-state index is 0.0446. The summed E-state index contributed by atoms with van der Waals surface area (Å²) in [6, 6.07) is 18.1. The first-order chi connectivity index (χ1) is 11.1. The van der Waals surface area contributed by atoms with Crippen molar-refractivity contribution in [2.24, 2.45) is 5.92 Å². The third kappa shape index (κ3) is 3.00. The lowest BCUT2D eigenvalue weighted by Gasteiger charge is -2.07. The molecule has 1 N–H and O–H groups in total. The number of benzene rings is 2. The summed E-state index contributed by atoms with van der Waals surface area (Å²) in [5.74, 6) is 0.402. The van der Waals surface area contributed by atoms with Gasteiger partial charge in [-0.05, 0) is 24.0 Å². The molecule has 3 nitrogen and oxygen atoms in total. The minimum atomic E-state index is 0.0446. The zero-order chi connectivity index (χ0) is 16.4. The van der Waals surface area contributed by atoms with E-state index in [4.69, 9.17) is 0 Å². The summed E-state index contributed by atoms with van der Waals surface area (Å²) in [6.07, 6.45) is 0. The van der Waals surface area contributed by atoms with Crippen molar-refractivity contribution >= 4 is 0 Å². The van der Waals surface area contributed by atoms with Gasteiger partial charge in [-0.3, -0.25) is 14.6 Å². The summed E-state index contributed by atoms with van der Waals surface area (Å²) in [5.41, 5.74) is 4.88. The van der Waals surface area contributed by atoms with Gasteiger partial charge in [0.05, 0.1) is 11.3 Å². The topological polar surface area (TPSA) is 37.8 Å². The van der Waals surface area contributed by atoms with E-state index in [0.29, 0.717) is 12.5 Å². The number of aromatic nitrogens is 2. The van der Waals surface area contributed by atoms with E-state index in [-0.39, 0.29) is 5.56 Å². The van der Waals surface area contributed by atoms with Crippen LogP contribution in [0.3, 0.4) is 0 Å². The molecule has 0 atom stereocenters. The van der Waals surface area contributed by atoms with Gasteiger partial charge in [0.15, 0.2) is 0 Å². The second kappa shape index (κ2) is 6.29. The molecule has 0 unspecified atom stereocenters. The molecule has 0 amide bonds. The molecule has 3 heteroatoms. The molecular formula is C20H22N2O. The number of hydrogen-bond donors (Lipinski definition) is 1. The first-order valence-corrected chi connectivity index (χ1v) is 8.02. The van der Waals surface area contributed by atoms with Gasteiger partial charge in [0, 0.05) is 12.1 Å². The summed E-state index contributed by atoms with van der Waals surface area (Å²) >= 11 is 0. The highest BCUT2D eigenvalue weighted by atomic mass is 16.1. The summed E-state index contributed by atoms with van der Waals surface area (Å²) in [6.45, 7) is 6.98. The fourth-order valence-corrected chi connectivity index (χ4v) is 2.90. The number of H-pyrrole nitrogens is 1. The summed E-state index contributed by atoms with van der Waals surface area (Å²) < 4.78 is 1.73. The van der Waals surface area contributed by atoms with Crippen molar-refractivity contribution in [1.29, 1.82) is 0 Å². The van der Waals surface area contributed by atoms with Gasteiger partial charge in [-0.1, -0.05) is 68.4 Å². The molecule has 3 aromatic rings. The average molecular weight is 306 g/mol. The van der Waals surface area contributed by atoms with Crippen LogP contribution < -0.4 is 5.56 Å². The number of aromatic amines is 1. The van der Waals surface area contributed by atoms with Gasteiger partial charge < -0.3 is 0 Å². The molecule has 3 rings (SSSR count). The maximum atomic E-state index is 12.9. The molecule has 0 bridgehead atoms. The highest BCUT2D eigenvalue weighted by Gasteiger charge is 2.18. The fourth-order valence-electron chi connectivity index (χ4n) is 2.90. The van der Waals surface area contributed by atoms with Crippen LogP contribution >= 0.6 is 0 Å². The van der Waals surface area contributed by atoms with Crippen LogP contribution in [0.1, 0.15) is 19.4 Å². The summed E-state index contributed by atoms with van der Waals surface area (Å²) in [4.78, 5) is 12.9. The molecule has 0 saturated heterocycles. The maximum absolute atomic E-state index is 12.9. The maximum Gasteiger partial charge on any atom is 0.275 e. The molecular weight excluding hydrogens is 284 g/mol. The quantitative estimate of drug-likeness (QED) is 0.758. The second-order valence-electron chi connectivity index (χ2n) is 6.35. The lowest BCUT2D eigenvalue weighted by Crippen LogP contribution is -2.20. The molecule has 1 aromatic heterocycles. The molecule has 0 aliphatic carbocycles. The monoisotopic (exact) mass is 306 g/mol. The SMILES string of the molecule is Cc1ccccc1-c1[nH]n(CC(C)C)c(=O)c1-c1ccccc1. The Morgan fingerprint density at radius 3 is 2.30 bits per heavy atom. The number of nitrogens with zero attached hydrogens (tertiary/aromatic N) is 1. The molecule has 0 spiro atoms. The van der Waals surface area contributed by atoms with Crippen molar-refractivity contribution < 1.29 is 0 Å². The van der Waals surface area contributed by atoms with Crippen molar-refractivity contribution in [2.75, 3.05) is 0 Å². The van der Waals surface area contributed by atoms with E-state index in [2.05, 4.69) is 38.0 Å². The van der Waals surface area contributed by atoms with Crippen molar-refractivity contribution in [3.63, 3.8) is 0 Å². The third-order valence-corrected chi connectivity index (χ3v) is 3.98. The molecule has 2 aromatic carbocycles. The van der Waals surface area contributed by atoms with E-state index in [1.54, 1.807) is 4.68 Å². The fraction of sp³-hybridized carbons (Fsp3) is 0.250. The first kappa shape index (κ1) is 15.3. The van der Waals surface area contributed by atoms with Crippen LogP contribution in [0.5, 0.6) is 0 Å². The Hall–Kier alpha value is -2.55. The Kier molecular flexibility index (Phi) is 4.20. The van der Waals surface area contributed by atoms with Gasteiger partial charge in [-0.2, -0.15) is 0 Å². The van der Waals surface area contributed by atoms with Crippen LogP contribution in [0.15, 0.2) is 59.4 Å². The van der Waals surface area contributed by atoms with Gasteiger partial charge in [0.25, 0.3) is 5.56 Å². The number of hydrogen-bond acceptors (Lipinski definition) is 1. The van der Waals surface area contributed by atoms with Gasteiger partial charge in [-0.15, -0.1) is 0 Å². The molecule has 0 fully saturated rings. The van der Waals surface area contributed by atoms with Gasteiger partial charge in [0.2, 0.25) is 0 Å². The first-order valence-electron chi connectivity index (χ1n) is 8.02. The average Bonchev–Trinajstić information content (AvgIpc) is 2.84. The normalized spacial score (nSPS) is 11.1. The van der Waals surface area contributed by atoms with E-state index in [0.717, 1.165) is 27.9 Å². The van der Waals surface area contributed by atoms with Crippen LogP contribution in [-0.2, 0) is 6.54 Å². The summed E-state index contributed by atoms with van der Waals surface area (Å²) in [7, 11) is 0. The molecule has 118 valence electrons. The second-order valence-corrected chi connectivity index (χ2v) is 6.35. The molecule has 0 saturated carbocycles. The predicted molar refractivity (Wildman–Crippen MR) is 95.5 cm³/mol. The van der Waals surface area contributed by atoms with Gasteiger partial charge >= 0.3 is 0 Å². The smallest absolute Gasteiger partial charge is 0.275 e. The predicted octanol–water partition coefficient (Wildman–Crippen LogP) is 4.47. The van der Waals surface area contributed by atoms with Gasteiger partial charge in [0.1, 0.15) is 0 Å². The number of rotatable bonds is 4. The molecule has 1 heterocycles. The Balaban J connectivity index is 2.26.